The van der Waals surface area contributed by atoms with Gasteiger partial charge in [0.2, 0.25) is 0 Å². The fourth-order valence-corrected chi connectivity index (χ4v) is 1.94. The Bertz CT molecular complexity index is 303. The molecule has 0 fully saturated rings. The van der Waals surface area contributed by atoms with Crippen molar-refractivity contribution in [3.63, 3.8) is 0 Å². The summed E-state index contributed by atoms with van der Waals surface area (Å²) in [6.45, 7) is 8.87. The summed E-state index contributed by atoms with van der Waals surface area (Å²) in [5.74, 6) is 1.15. The number of nitrogens with two attached hydrogens (primary N) is 1. The van der Waals surface area contributed by atoms with Crippen LogP contribution in [0.4, 0.5) is 0 Å². The molecule has 0 saturated heterocycles. The Morgan fingerprint density at radius 3 is 2.27 bits per heavy atom. The van der Waals surface area contributed by atoms with Crippen LogP contribution in [0.1, 0.15) is 40.5 Å². The molecule has 0 atom stereocenters. The van der Waals surface area contributed by atoms with E-state index in [2.05, 4.69) is 45.9 Å². The van der Waals surface area contributed by atoms with Crippen molar-refractivity contribution < 1.29 is 0 Å². The maximum absolute atomic E-state index is 6.06. The van der Waals surface area contributed by atoms with Gasteiger partial charge in [-0.2, -0.15) is 0 Å². The third kappa shape index (κ3) is 3.26. The summed E-state index contributed by atoms with van der Waals surface area (Å²) in [6.07, 6.45) is 8.85. The van der Waals surface area contributed by atoms with E-state index in [1.54, 1.807) is 0 Å². The van der Waals surface area contributed by atoms with Crippen LogP contribution < -0.4 is 5.73 Å². The molecule has 15 heavy (non-hydrogen) atoms. The third-order valence-corrected chi connectivity index (χ3v) is 2.97. The van der Waals surface area contributed by atoms with E-state index in [1.165, 1.54) is 11.1 Å². The minimum atomic E-state index is 0.523. The molecule has 0 saturated carbocycles. The van der Waals surface area contributed by atoms with Gasteiger partial charge in [-0.3, -0.25) is 0 Å². The Morgan fingerprint density at radius 1 is 1.07 bits per heavy atom. The summed E-state index contributed by atoms with van der Waals surface area (Å²) in [5.41, 5.74) is 9.79. The number of rotatable bonds is 2. The van der Waals surface area contributed by atoms with Crippen LogP contribution in [0.2, 0.25) is 0 Å². The summed E-state index contributed by atoms with van der Waals surface area (Å²) >= 11 is 0. The van der Waals surface area contributed by atoms with E-state index in [4.69, 9.17) is 5.73 Å². The maximum atomic E-state index is 6.06. The molecule has 0 aromatic rings. The van der Waals surface area contributed by atoms with Crippen molar-refractivity contribution in [3.05, 3.63) is 35.1 Å². The summed E-state index contributed by atoms with van der Waals surface area (Å²) in [4.78, 5) is 0. The second-order valence-corrected chi connectivity index (χ2v) is 4.87. The zero-order valence-electron chi connectivity index (χ0n) is 10.4. The topological polar surface area (TPSA) is 26.0 Å². The molecule has 0 aromatic carbocycles. The molecule has 84 valence electrons. The average molecular weight is 205 g/mol. The van der Waals surface area contributed by atoms with Crippen LogP contribution in [0.5, 0.6) is 0 Å². The highest BCUT2D eigenvalue weighted by Crippen LogP contribution is 2.24. The van der Waals surface area contributed by atoms with Crippen LogP contribution in [-0.2, 0) is 0 Å². The monoisotopic (exact) mass is 205 g/mol. The molecular formula is C14H23N. The lowest BCUT2D eigenvalue weighted by Gasteiger charge is -2.16. The third-order valence-electron chi connectivity index (χ3n) is 2.97. The number of allylic oxidation sites excluding steroid dienone is 5. The van der Waals surface area contributed by atoms with E-state index in [1.807, 2.05) is 0 Å². The van der Waals surface area contributed by atoms with Crippen molar-refractivity contribution in [1.29, 1.82) is 0 Å². The van der Waals surface area contributed by atoms with Gasteiger partial charge in [0.1, 0.15) is 0 Å². The Balaban J connectivity index is 2.92. The molecule has 1 aliphatic carbocycles. The Kier molecular flexibility index (Phi) is 4.19. The lowest BCUT2D eigenvalue weighted by molar-refractivity contribution is 0.704. The van der Waals surface area contributed by atoms with Crippen LogP contribution in [-0.4, -0.2) is 0 Å². The van der Waals surface area contributed by atoms with Crippen LogP contribution >= 0.6 is 0 Å². The van der Waals surface area contributed by atoms with Crippen molar-refractivity contribution in [3.8, 4) is 0 Å². The normalized spacial score (nSPS) is 28.5. The zero-order valence-corrected chi connectivity index (χ0v) is 10.4. The first-order chi connectivity index (χ1) is 7.02. The van der Waals surface area contributed by atoms with Crippen LogP contribution in [0.25, 0.3) is 0 Å². The largest absolute Gasteiger partial charge is 0.399 e. The Hall–Kier alpha value is -0.980. The summed E-state index contributed by atoms with van der Waals surface area (Å²) < 4.78 is 0. The van der Waals surface area contributed by atoms with Crippen molar-refractivity contribution in [2.24, 2.45) is 17.6 Å². The zero-order chi connectivity index (χ0) is 11.4. The van der Waals surface area contributed by atoms with Gasteiger partial charge in [-0.1, -0.05) is 45.4 Å². The van der Waals surface area contributed by atoms with Gasteiger partial charge in [0, 0.05) is 5.70 Å². The average Bonchev–Trinajstić information content (AvgIpc) is 2.10. The SMILES string of the molecule is CC(C)C1=C/CC\C(C(C)C)=C/C=C\1N. The van der Waals surface area contributed by atoms with E-state index >= 15 is 0 Å². The second-order valence-electron chi connectivity index (χ2n) is 4.87. The van der Waals surface area contributed by atoms with Crippen molar-refractivity contribution in [2.45, 2.75) is 40.5 Å². The fourth-order valence-electron chi connectivity index (χ4n) is 1.94. The molecular weight excluding hydrogens is 182 g/mol. The van der Waals surface area contributed by atoms with E-state index in [0.29, 0.717) is 11.8 Å². The molecule has 0 unspecified atom stereocenters. The molecule has 1 aliphatic rings. The smallest absolute Gasteiger partial charge is 0.0345 e. The lowest BCUT2D eigenvalue weighted by Crippen LogP contribution is -2.08. The van der Waals surface area contributed by atoms with E-state index < -0.39 is 0 Å². The lowest BCUT2D eigenvalue weighted by atomic mass is 9.91. The molecule has 0 heterocycles. The van der Waals surface area contributed by atoms with Crippen LogP contribution in [0, 0.1) is 11.8 Å². The predicted molar refractivity (Wildman–Crippen MR) is 67.3 cm³/mol. The first kappa shape index (κ1) is 12.1. The van der Waals surface area contributed by atoms with Gasteiger partial charge < -0.3 is 5.73 Å². The minimum Gasteiger partial charge on any atom is -0.399 e. The number of hydrogen-bond acceptors (Lipinski definition) is 1. The second kappa shape index (κ2) is 5.20. The van der Waals surface area contributed by atoms with Gasteiger partial charge in [-0.15, -0.1) is 0 Å². The molecule has 0 spiro atoms. The molecule has 0 amide bonds. The molecule has 1 heteroatoms. The van der Waals surface area contributed by atoms with Gasteiger partial charge >= 0.3 is 0 Å². The summed E-state index contributed by atoms with van der Waals surface area (Å²) in [7, 11) is 0. The fraction of sp³-hybridized carbons (Fsp3) is 0.571. The highest BCUT2D eigenvalue weighted by Gasteiger charge is 2.09. The molecule has 1 rings (SSSR count). The summed E-state index contributed by atoms with van der Waals surface area (Å²) in [5, 5.41) is 0. The first-order valence-corrected chi connectivity index (χ1v) is 5.89. The van der Waals surface area contributed by atoms with E-state index in [0.717, 1.165) is 18.5 Å². The molecule has 0 aromatic heterocycles. The van der Waals surface area contributed by atoms with Crippen LogP contribution in [0.15, 0.2) is 35.1 Å². The molecule has 0 radical (unpaired) electrons. The first-order valence-electron chi connectivity index (χ1n) is 5.89. The molecule has 1 nitrogen and oxygen atoms in total. The van der Waals surface area contributed by atoms with Crippen molar-refractivity contribution >= 4 is 0 Å². The van der Waals surface area contributed by atoms with Gasteiger partial charge in [0.15, 0.2) is 0 Å². The quantitative estimate of drug-likeness (QED) is 0.729. The highest BCUT2D eigenvalue weighted by molar-refractivity contribution is 5.35. The van der Waals surface area contributed by atoms with Gasteiger partial charge in [-0.05, 0) is 36.3 Å². The number of hydrogen-bond donors (Lipinski definition) is 1. The minimum absolute atomic E-state index is 0.523. The summed E-state index contributed by atoms with van der Waals surface area (Å²) in [6, 6.07) is 0. The van der Waals surface area contributed by atoms with E-state index in [-0.39, 0.29) is 0 Å². The van der Waals surface area contributed by atoms with Crippen molar-refractivity contribution in [2.75, 3.05) is 0 Å². The van der Waals surface area contributed by atoms with E-state index in [9.17, 15) is 0 Å². The predicted octanol–water partition coefficient (Wildman–Crippen LogP) is 3.79. The van der Waals surface area contributed by atoms with Crippen LogP contribution in [0.3, 0.4) is 0 Å². The maximum Gasteiger partial charge on any atom is 0.0345 e. The van der Waals surface area contributed by atoms with Gasteiger partial charge in [-0.25, -0.2) is 0 Å². The Morgan fingerprint density at radius 2 is 1.73 bits per heavy atom. The standard InChI is InChI=1S/C14H23N/c1-10(2)12-6-5-7-13(11(3)4)14(15)9-8-12/h7-11H,5-6,15H2,1-4H3/b12-8+,13-7-,14-9+. The Labute approximate surface area is 93.7 Å². The van der Waals surface area contributed by atoms with Gasteiger partial charge in [0.05, 0.1) is 0 Å². The van der Waals surface area contributed by atoms with Gasteiger partial charge in [0.25, 0.3) is 0 Å². The highest BCUT2D eigenvalue weighted by atomic mass is 14.6. The molecule has 0 aliphatic heterocycles. The van der Waals surface area contributed by atoms with Crippen molar-refractivity contribution in [1.82, 2.24) is 0 Å². The molecule has 0 bridgehead atoms. The molecule has 2 N–H and O–H groups in total.